The van der Waals surface area contributed by atoms with Gasteiger partial charge in [0.2, 0.25) is 0 Å². The zero-order valence-electron chi connectivity index (χ0n) is 14.6. The first-order chi connectivity index (χ1) is 11.5. The van der Waals surface area contributed by atoms with Crippen molar-refractivity contribution < 1.29 is 0 Å². The Labute approximate surface area is 143 Å². The molecule has 1 aliphatic heterocycles. The third-order valence-electron chi connectivity index (χ3n) is 4.61. The SMILES string of the molecule is Cc1cc(C)c(N2c3ncccc3Cc3cc(C)cnc32)c(C)c1. The lowest BCUT2D eigenvalue weighted by molar-refractivity contribution is 0.985. The Kier molecular flexibility index (Phi) is 3.38. The molecule has 4 rings (SSSR count). The summed E-state index contributed by atoms with van der Waals surface area (Å²) in [4.78, 5) is 11.7. The summed E-state index contributed by atoms with van der Waals surface area (Å²) in [6, 6.07) is 10.9. The number of benzene rings is 1. The largest absolute Gasteiger partial charge is 0.278 e. The van der Waals surface area contributed by atoms with E-state index in [2.05, 4.69) is 61.8 Å². The lowest BCUT2D eigenvalue weighted by atomic mass is 9.97. The molecule has 3 heteroatoms. The molecule has 1 aliphatic rings. The number of hydrogen-bond acceptors (Lipinski definition) is 3. The number of aryl methyl sites for hydroxylation is 4. The van der Waals surface area contributed by atoms with Crippen molar-refractivity contribution in [3.63, 3.8) is 0 Å². The zero-order chi connectivity index (χ0) is 16.8. The van der Waals surface area contributed by atoms with Gasteiger partial charge in [0.25, 0.3) is 0 Å². The molecule has 0 atom stereocenters. The topological polar surface area (TPSA) is 29.0 Å². The summed E-state index contributed by atoms with van der Waals surface area (Å²) in [5.74, 6) is 2.00. The van der Waals surface area contributed by atoms with E-state index in [9.17, 15) is 0 Å². The van der Waals surface area contributed by atoms with Crippen molar-refractivity contribution in [3.8, 4) is 0 Å². The van der Waals surface area contributed by atoms with E-state index in [-0.39, 0.29) is 0 Å². The third-order valence-corrected chi connectivity index (χ3v) is 4.61. The van der Waals surface area contributed by atoms with Gasteiger partial charge in [0, 0.05) is 24.4 Å². The average Bonchev–Trinajstić information content (AvgIpc) is 2.53. The molecule has 0 radical (unpaired) electrons. The van der Waals surface area contributed by atoms with Gasteiger partial charge >= 0.3 is 0 Å². The van der Waals surface area contributed by atoms with Crippen molar-refractivity contribution in [3.05, 3.63) is 76.1 Å². The molecule has 24 heavy (non-hydrogen) atoms. The summed E-state index contributed by atoms with van der Waals surface area (Å²) < 4.78 is 0. The fourth-order valence-corrected chi connectivity index (χ4v) is 3.77. The molecular formula is C21H21N3. The molecule has 0 N–H and O–H groups in total. The summed E-state index contributed by atoms with van der Waals surface area (Å²) in [5.41, 5.74) is 8.67. The van der Waals surface area contributed by atoms with Gasteiger partial charge in [0.1, 0.15) is 11.6 Å². The van der Waals surface area contributed by atoms with Crippen molar-refractivity contribution in [1.82, 2.24) is 9.97 Å². The monoisotopic (exact) mass is 315 g/mol. The van der Waals surface area contributed by atoms with Gasteiger partial charge in [-0.05, 0) is 56.0 Å². The molecule has 3 aromatic rings. The van der Waals surface area contributed by atoms with Gasteiger partial charge in [-0.1, -0.05) is 29.8 Å². The van der Waals surface area contributed by atoms with Crippen LogP contribution < -0.4 is 4.90 Å². The molecule has 120 valence electrons. The van der Waals surface area contributed by atoms with Crippen LogP contribution in [0, 0.1) is 27.7 Å². The Morgan fingerprint density at radius 1 is 0.833 bits per heavy atom. The van der Waals surface area contributed by atoms with E-state index < -0.39 is 0 Å². The zero-order valence-corrected chi connectivity index (χ0v) is 14.6. The second-order valence-electron chi connectivity index (χ2n) is 6.74. The first-order valence-electron chi connectivity index (χ1n) is 8.32. The van der Waals surface area contributed by atoms with Crippen molar-refractivity contribution in [1.29, 1.82) is 0 Å². The Morgan fingerprint density at radius 2 is 1.54 bits per heavy atom. The van der Waals surface area contributed by atoms with E-state index in [0.717, 1.165) is 18.1 Å². The molecule has 0 aliphatic carbocycles. The van der Waals surface area contributed by atoms with Crippen LogP contribution in [0.1, 0.15) is 33.4 Å². The maximum atomic E-state index is 4.77. The van der Waals surface area contributed by atoms with Crippen LogP contribution >= 0.6 is 0 Å². The quantitative estimate of drug-likeness (QED) is 0.490. The number of aromatic nitrogens is 2. The summed E-state index contributed by atoms with van der Waals surface area (Å²) in [6.45, 7) is 8.57. The second kappa shape index (κ2) is 5.45. The summed E-state index contributed by atoms with van der Waals surface area (Å²) in [6.07, 6.45) is 4.69. The lowest BCUT2D eigenvalue weighted by Gasteiger charge is -2.33. The van der Waals surface area contributed by atoms with Crippen LogP contribution in [0.15, 0.2) is 42.7 Å². The number of rotatable bonds is 1. The van der Waals surface area contributed by atoms with Crippen LogP contribution in [-0.2, 0) is 6.42 Å². The predicted octanol–water partition coefficient (Wildman–Crippen LogP) is 5.08. The van der Waals surface area contributed by atoms with E-state index in [0.29, 0.717) is 0 Å². The number of nitrogens with zero attached hydrogens (tertiary/aromatic N) is 3. The van der Waals surface area contributed by atoms with Crippen LogP contribution in [0.4, 0.5) is 17.3 Å². The van der Waals surface area contributed by atoms with Gasteiger partial charge in [-0.25, -0.2) is 9.97 Å². The highest BCUT2D eigenvalue weighted by Gasteiger charge is 2.28. The van der Waals surface area contributed by atoms with E-state index in [1.165, 1.54) is 39.1 Å². The van der Waals surface area contributed by atoms with Gasteiger partial charge < -0.3 is 0 Å². The molecule has 0 fully saturated rings. The standard InChI is InChI=1S/C21H21N3/c1-13-8-15(3)19(16(4)9-13)24-20-17(6-5-7-22-20)11-18-10-14(2)12-23-21(18)24/h5-10,12H,11H2,1-4H3. The maximum absolute atomic E-state index is 4.77. The highest BCUT2D eigenvalue weighted by atomic mass is 15.3. The number of hydrogen-bond donors (Lipinski definition) is 0. The third kappa shape index (κ3) is 2.28. The molecule has 0 spiro atoms. The Morgan fingerprint density at radius 3 is 2.29 bits per heavy atom. The summed E-state index contributed by atoms with van der Waals surface area (Å²) in [7, 11) is 0. The second-order valence-corrected chi connectivity index (χ2v) is 6.74. The average molecular weight is 315 g/mol. The molecule has 1 aromatic carbocycles. The van der Waals surface area contributed by atoms with Crippen LogP contribution in [0.5, 0.6) is 0 Å². The lowest BCUT2D eigenvalue weighted by Crippen LogP contribution is -2.22. The first-order valence-corrected chi connectivity index (χ1v) is 8.32. The van der Waals surface area contributed by atoms with Crippen molar-refractivity contribution >= 4 is 17.3 Å². The fraction of sp³-hybridized carbons (Fsp3) is 0.238. The van der Waals surface area contributed by atoms with Gasteiger partial charge in [-0.3, -0.25) is 4.90 Å². The minimum Gasteiger partial charge on any atom is -0.278 e. The molecule has 0 amide bonds. The Balaban J connectivity index is 2.02. The predicted molar refractivity (Wildman–Crippen MR) is 98.5 cm³/mol. The van der Waals surface area contributed by atoms with Crippen LogP contribution in [-0.4, -0.2) is 9.97 Å². The Bertz CT molecular complexity index is 921. The first kappa shape index (κ1) is 14.9. The van der Waals surface area contributed by atoms with Gasteiger partial charge in [-0.15, -0.1) is 0 Å². The maximum Gasteiger partial charge on any atom is 0.142 e. The molecule has 3 nitrogen and oxygen atoms in total. The highest BCUT2D eigenvalue weighted by Crippen LogP contribution is 2.44. The molecule has 0 saturated carbocycles. The molecule has 0 bridgehead atoms. The van der Waals surface area contributed by atoms with Gasteiger partial charge in [0.15, 0.2) is 0 Å². The van der Waals surface area contributed by atoms with Gasteiger partial charge in [-0.2, -0.15) is 0 Å². The van der Waals surface area contributed by atoms with E-state index in [1.54, 1.807) is 0 Å². The van der Waals surface area contributed by atoms with Crippen molar-refractivity contribution in [2.75, 3.05) is 4.90 Å². The van der Waals surface area contributed by atoms with Crippen LogP contribution in [0.2, 0.25) is 0 Å². The van der Waals surface area contributed by atoms with E-state index >= 15 is 0 Å². The fourth-order valence-electron chi connectivity index (χ4n) is 3.77. The van der Waals surface area contributed by atoms with Crippen molar-refractivity contribution in [2.24, 2.45) is 0 Å². The molecular weight excluding hydrogens is 294 g/mol. The molecule has 2 aromatic heterocycles. The minimum absolute atomic E-state index is 0.883. The molecule has 0 unspecified atom stereocenters. The highest BCUT2D eigenvalue weighted by molar-refractivity contribution is 5.82. The molecule has 0 saturated heterocycles. The van der Waals surface area contributed by atoms with Crippen molar-refractivity contribution in [2.45, 2.75) is 34.1 Å². The van der Waals surface area contributed by atoms with Gasteiger partial charge in [0.05, 0.1) is 5.69 Å². The summed E-state index contributed by atoms with van der Waals surface area (Å²) >= 11 is 0. The minimum atomic E-state index is 0.883. The smallest absolute Gasteiger partial charge is 0.142 e. The van der Waals surface area contributed by atoms with Crippen LogP contribution in [0.3, 0.4) is 0 Å². The number of pyridine rings is 2. The summed E-state index contributed by atoms with van der Waals surface area (Å²) in [5, 5.41) is 0. The Hall–Kier alpha value is -2.68. The normalized spacial score (nSPS) is 12.8. The van der Waals surface area contributed by atoms with E-state index in [1.807, 2.05) is 18.5 Å². The number of fused-ring (bicyclic) bond motifs is 2. The number of anilines is 3. The van der Waals surface area contributed by atoms with Crippen LogP contribution in [0.25, 0.3) is 0 Å². The molecule has 3 heterocycles. The van der Waals surface area contributed by atoms with E-state index in [4.69, 9.17) is 4.98 Å².